The number of rotatable bonds is 5. The number of aryl methyl sites for hydroxylation is 3. The van der Waals surface area contributed by atoms with Gasteiger partial charge in [0.1, 0.15) is 27.1 Å². The van der Waals surface area contributed by atoms with Gasteiger partial charge in [-0.2, -0.15) is 0 Å². The Hall–Kier alpha value is -2.49. The summed E-state index contributed by atoms with van der Waals surface area (Å²) in [5.74, 6) is -0.305. The summed E-state index contributed by atoms with van der Waals surface area (Å²) in [5.41, 5.74) is 3.12. The molecule has 1 aromatic carbocycles. The van der Waals surface area contributed by atoms with E-state index >= 15 is 0 Å². The van der Waals surface area contributed by atoms with Crippen molar-refractivity contribution in [2.24, 2.45) is 0 Å². The molecule has 0 bridgehead atoms. The van der Waals surface area contributed by atoms with E-state index in [2.05, 4.69) is 9.88 Å². The second kappa shape index (κ2) is 7.74. The van der Waals surface area contributed by atoms with Crippen molar-refractivity contribution < 1.29 is 23.2 Å². The van der Waals surface area contributed by atoms with Crippen LogP contribution in [0.1, 0.15) is 32.8 Å². The summed E-state index contributed by atoms with van der Waals surface area (Å²) in [7, 11) is -4.09. The maximum atomic E-state index is 12.8. The summed E-state index contributed by atoms with van der Waals surface area (Å²) < 4.78 is 32.8. The second-order valence-corrected chi connectivity index (χ2v) is 9.50. The number of aromatic nitrogens is 1. The van der Waals surface area contributed by atoms with Crippen LogP contribution >= 0.6 is 22.9 Å². The molecular weight excluding hydrogens is 436 g/mol. The molecule has 0 aliphatic carbocycles. The van der Waals surface area contributed by atoms with Gasteiger partial charge >= 0.3 is 0 Å². The van der Waals surface area contributed by atoms with Crippen LogP contribution in [0.3, 0.4) is 0 Å². The van der Waals surface area contributed by atoms with Gasteiger partial charge in [0.25, 0.3) is 15.9 Å². The molecule has 0 spiro atoms. The first-order valence-corrected chi connectivity index (χ1v) is 11.2. The molecule has 7 nitrogen and oxygen atoms in total. The number of aliphatic hydroxyl groups is 1. The van der Waals surface area contributed by atoms with Crippen LogP contribution in [0.25, 0.3) is 11.8 Å². The third kappa shape index (κ3) is 3.98. The lowest BCUT2D eigenvalue weighted by Gasteiger charge is -2.12. The van der Waals surface area contributed by atoms with Crippen molar-refractivity contribution in [3.8, 4) is 5.75 Å². The van der Waals surface area contributed by atoms with Gasteiger partial charge < -0.3 is 14.7 Å². The van der Waals surface area contributed by atoms with Crippen LogP contribution in [0.4, 0.5) is 5.88 Å². The zero-order valence-electron chi connectivity index (χ0n) is 16.1. The lowest BCUT2D eigenvalue weighted by atomic mass is 9.97. The average Bonchev–Trinajstić information content (AvgIpc) is 3.26. The maximum absolute atomic E-state index is 12.8. The topological polar surface area (TPSA) is 113 Å². The minimum Gasteiger partial charge on any atom is -0.507 e. The summed E-state index contributed by atoms with van der Waals surface area (Å²) in [6.07, 6.45) is 1.44. The lowest BCUT2D eigenvalue weighted by Crippen LogP contribution is -2.13. The number of benzene rings is 1. The molecule has 3 aromatic rings. The van der Waals surface area contributed by atoms with Gasteiger partial charge in [0, 0.05) is 0 Å². The molecule has 0 aliphatic heterocycles. The van der Waals surface area contributed by atoms with Crippen LogP contribution in [0, 0.1) is 27.7 Å². The van der Waals surface area contributed by atoms with Gasteiger partial charge in [-0.25, -0.2) is 13.1 Å². The summed E-state index contributed by atoms with van der Waals surface area (Å²) >= 11 is 7.05. The number of hydrogen-bond donors (Lipinski definition) is 3. The predicted molar refractivity (Wildman–Crippen MR) is 114 cm³/mol. The van der Waals surface area contributed by atoms with Crippen molar-refractivity contribution in [2.45, 2.75) is 32.6 Å². The number of sulfonamides is 1. The largest absolute Gasteiger partial charge is 0.507 e. The van der Waals surface area contributed by atoms with E-state index in [0.29, 0.717) is 16.8 Å². The van der Waals surface area contributed by atoms with Gasteiger partial charge in [-0.3, -0.25) is 0 Å². The number of phenolic OH excluding ortho intramolecular Hbond substituents is 1. The van der Waals surface area contributed by atoms with E-state index in [9.17, 15) is 18.6 Å². The molecule has 3 rings (SSSR count). The summed E-state index contributed by atoms with van der Waals surface area (Å²) in [6, 6.07) is 3.17. The highest BCUT2D eigenvalue weighted by Gasteiger charge is 2.25. The Morgan fingerprint density at radius 2 is 1.97 bits per heavy atom. The van der Waals surface area contributed by atoms with E-state index in [4.69, 9.17) is 16.1 Å². The maximum Gasteiger partial charge on any atom is 0.265 e. The fraction of sp³-hybridized carbons (Fsp3) is 0.211. The van der Waals surface area contributed by atoms with Gasteiger partial charge in [-0.05, 0) is 67.5 Å². The number of aromatic hydroxyl groups is 1. The second-order valence-electron chi connectivity index (χ2n) is 6.56. The minimum atomic E-state index is -4.09. The van der Waals surface area contributed by atoms with Crippen LogP contribution in [-0.4, -0.2) is 23.8 Å². The van der Waals surface area contributed by atoms with Gasteiger partial charge in [-0.1, -0.05) is 22.8 Å². The molecule has 2 aromatic heterocycles. The van der Waals surface area contributed by atoms with Crippen LogP contribution in [0.2, 0.25) is 5.02 Å². The van der Waals surface area contributed by atoms with E-state index in [1.807, 2.05) is 6.92 Å². The molecule has 3 N–H and O–H groups in total. The van der Waals surface area contributed by atoms with E-state index in [0.717, 1.165) is 22.5 Å². The quantitative estimate of drug-likeness (QED) is 0.457. The summed E-state index contributed by atoms with van der Waals surface area (Å²) in [4.78, 5) is 0.0109. The van der Waals surface area contributed by atoms with Crippen LogP contribution in [-0.2, 0) is 10.0 Å². The first kappa shape index (κ1) is 21.2. The zero-order chi connectivity index (χ0) is 21.5. The number of halogens is 1. The highest BCUT2D eigenvalue weighted by atomic mass is 35.5. The van der Waals surface area contributed by atoms with Gasteiger partial charge in [0.2, 0.25) is 0 Å². The Kier molecular flexibility index (Phi) is 5.66. The smallest absolute Gasteiger partial charge is 0.265 e. The Morgan fingerprint density at radius 3 is 2.59 bits per heavy atom. The molecule has 0 radical (unpaired) electrons. The summed E-state index contributed by atoms with van der Waals surface area (Å²) in [6.45, 7) is 6.95. The highest BCUT2D eigenvalue weighted by Crippen LogP contribution is 2.35. The number of nitrogens with one attached hydrogen (secondary N) is 1. The molecule has 0 saturated heterocycles. The average molecular weight is 455 g/mol. The highest BCUT2D eigenvalue weighted by molar-refractivity contribution is 7.93. The first-order chi connectivity index (χ1) is 13.5. The lowest BCUT2D eigenvalue weighted by molar-refractivity contribution is 0.430. The van der Waals surface area contributed by atoms with Crippen LogP contribution < -0.4 is 4.72 Å². The molecule has 0 amide bonds. The third-order valence-corrected chi connectivity index (χ3v) is 7.33. The Labute approximate surface area is 177 Å². The monoisotopic (exact) mass is 454 g/mol. The molecule has 29 heavy (non-hydrogen) atoms. The fourth-order valence-corrected chi connectivity index (χ4v) is 5.43. The number of thiophene rings is 1. The normalized spacial score (nSPS) is 12.4. The van der Waals surface area contributed by atoms with Gasteiger partial charge in [0.05, 0.1) is 4.88 Å². The Bertz CT molecular complexity index is 1230. The number of hydrogen-bond acceptors (Lipinski definition) is 7. The molecule has 0 saturated carbocycles. The number of nitrogens with zero attached hydrogens (tertiary/aromatic N) is 1. The van der Waals surface area contributed by atoms with E-state index < -0.39 is 10.0 Å². The molecule has 0 fully saturated rings. The third-order valence-electron chi connectivity index (χ3n) is 4.44. The van der Waals surface area contributed by atoms with Crippen molar-refractivity contribution in [1.82, 2.24) is 5.16 Å². The number of anilines is 1. The Morgan fingerprint density at radius 1 is 1.28 bits per heavy atom. The van der Waals surface area contributed by atoms with Crippen molar-refractivity contribution in [2.75, 3.05) is 4.72 Å². The fourth-order valence-electron chi connectivity index (χ4n) is 2.91. The van der Waals surface area contributed by atoms with Crippen LogP contribution in [0.5, 0.6) is 5.75 Å². The molecule has 0 unspecified atom stereocenters. The number of aliphatic hydroxyl groups excluding tert-OH is 1. The van der Waals surface area contributed by atoms with Crippen molar-refractivity contribution in [3.63, 3.8) is 0 Å². The standard InChI is InChI=1S/C19H19ClN2O5S2/c1-9-7-10(2)17(24)11(3)13(9)8-14(23)18-15(5-6-28-18)29(25,26)22-19-16(20)12(4)21-27-19/h5-8,22-24H,1-4H3/b14-8-. The molecule has 10 heteroatoms. The molecular formula is C19H19ClN2O5S2. The van der Waals surface area contributed by atoms with Gasteiger partial charge in [-0.15, -0.1) is 11.3 Å². The predicted octanol–water partition coefficient (Wildman–Crippen LogP) is 5.19. The minimum absolute atomic E-state index is 0.0616. The van der Waals surface area contributed by atoms with E-state index in [1.165, 1.54) is 12.1 Å². The van der Waals surface area contributed by atoms with E-state index in [-0.39, 0.29) is 32.2 Å². The molecule has 0 atom stereocenters. The SMILES string of the molecule is Cc1cc(C)c(/C=C(\O)c2sccc2S(=O)(=O)Nc2onc(C)c2Cl)c(C)c1O. The van der Waals surface area contributed by atoms with Crippen molar-refractivity contribution in [1.29, 1.82) is 0 Å². The van der Waals surface area contributed by atoms with E-state index in [1.54, 1.807) is 32.2 Å². The van der Waals surface area contributed by atoms with Crippen LogP contribution in [0.15, 0.2) is 26.9 Å². The zero-order valence-corrected chi connectivity index (χ0v) is 18.5. The molecule has 0 aliphatic rings. The number of phenols is 1. The van der Waals surface area contributed by atoms with Crippen molar-refractivity contribution >= 4 is 50.7 Å². The molecule has 154 valence electrons. The van der Waals surface area contributed by atoms with Crippen molar-refractivity contribution in [3.05, 3.63) is 55.4 Å². The van der Waals surface area contributed by atoms with Gasteiger partial charge in [0.15, 0.2) is 0 Å². The Balaban J connectivity index is 2.03. The first-order valence-electron chi connectivity index (χ1n) is 8.45. The molecule has 2 heterocycles. The summed E-state index contributed by atoms with van der Waals surface area (Å²) in [5, 5.41) is 26.1.